The highest BCUT2D eigenvalue weighted by Gasteiger charge is 2.19. The van der Waals surface area contributed by atoms with Crippen LogP contribution in [0.2, 0.25) is 10.0 Å². The molecule has 3 aromatic rings. The van der Waals surface area contributed by atoms with Crippen LogP contribution in [0.4, 0.5) is 0 Å². The maximum Gasteiger partial charge on any atom is 0.167 e. The fourth-order valence-electron chi connectivity index (χ4n) is 4.07. The van der Waals surface area contributed by atoms with Gasteiger partial charge in [0.2, 0.25) is 0 Å². The largest absolute Gasteiger partial charge is 0.294 e. The predicted octanol–water partition coefficient (Wildman–Crippen LogP) is 6.77. The summed E-state index contributed by atoms with van der Waals surface area (Å²) in [4.78, 5) is 12.6. The molecule has 1 aliphatic carbocycles. The third-order valence-corrected chi connectivity index (χ3v) is 6.36. The van der Waals surface area contributed by atoms with Crippen LogP contribution in [0.25, 0.3) is 0 Å². The van der Waals surface area contributed by atoms with Crippen molar-refractivity contribution in [3.8, 4) is 0 Å². The maximum absolute atomic E-state index is 12.6. The Balaban J connectivity index is 1.41. The number of Topliss-reactive ketones (excluding diaryl/α,β-unsaturated/α-hetero) is 1. The zero-order chi connectivity index (χ0) is 19.5. The molecule has 0 saturated carbocycles. The Hall–Kier alpha value is -2.09. The highest BCUT2D eigenvalue weighted by molar-refractivity contribution is 6.36. The second kappa shape index (κ2) is 8.51. The summed E-state index contributed by atoms with van der Waals surface area (Å²) < 4.78 is 0. The lowest BCUT2D eigenvalue weighted by Crippen LogP contribution is -2.16. The minimum absolute atomic E-state index is 0.0353. The van der Waals surface area contributed by atoms with Crippen LogP contribution >= 0.6 is 23.2 Å². The molecule has 0 heterocycles. The lowest BCUT2D eigenvalue weighted by Gasteiger charge is -2.24. The molecule has 0 unspecified atom stereocenters. The number of carbonyl (C=O) groups is 1. The van der Waals surface area contributed by atoms with Gasteiger partial charge in [0.25, 0.3) is 0 Å². The van der Waals surface area contributed by atoms with Crippen LogP contribution in [0.3, 0.4) is 0 Å². The van der Waals surface area contributed by atoms with Gasteiger partial charge in [-0.15, -0.1) is 0 Å². The molecule has 0 spiro atoms. The fraction of sp³-hybridized carbons (Fsp3) is 0.240. The molecule has 1 atom stereocenters. The van der Waals surface area contributed by atoms with Crippen molar-refractivity contribution >= 4 is 29.0 Å². The van der Waals surface area contributed by atoms with Crippen molar-refractivity contribution in [1.82, 2.24) is 0 Å². The number of halogens is 2. The van der Waals surface area contributed by atoms with Gasteiger partial charge in [-0.1, -0.05) is 77.8 Å². The molecule has 1 nitrogen and oxygen atoms in total. The Kier molecular flexibility index (Phi) is 5.85. The molecule has 0 aliphatic heterocycles. The zero-order valence-corrected chi connectivity index (χ0v) is 17.1. The molecule has 28 heavy (non-hydrogen) atoms. The summed E-state index contributed by atoms with van der Waals surface area (Å²) in [5, 5.41) is 1.07. The molecule has 3 aromatic carbocycles. The number of hydrogen-bond donors (Lipinski definition) is 0. The molecular weight excluding hydrogens is 387 g/mol. The molecule has 0 aromatic heterocycles. The fourth-order valence-corrected chi connectivity index (χ4v) is 4.60. The van der Waals surface area contributed by atoms with Crippen LogP contribution in [-0.2, 0) is 25.7 Å². The highest BCUT2D eigenvalue weighted by atomic mass is 35.5. The summed E-state index contributed by atoms with van der Waals surface area (Å²) in [7, 11) is 0. The third kappa shape index (κ3) is 4.32. The molecule has 0 fully saturated rings. The van der Waals surface area contributed by atoms with Gasteiger partial charge in [-0.25, -0.2) is 0 Å². The molecule has 0 amide bonds. The quantitative estimate of drug-likeness (QED) is 0.425. The standard InChI is InChI=1S/C25H22Cl2O/c26-23-6-3-7-24(27)22(23)16-25(28)20-12-8-17(9-13-20)14-18-10-11-19-4-1-2-5-21(19)15-18/h1-9,12-13,18H,10-11,14-16H2/t18-/m1/s1. The molecule has 0 radical (unpaired) electrons. The summed E-state index contributed by atoms with van der Waals surface area (Å²) in [5.41, 5.74) is 5.67. The lowest BCUT2D eigenvalue weighted by molar-refractivity contribution is 0.0993. The van der Waals surface area contributed by atoms with E-state index in [0.717, 1.165) is 19.3 Å². The number of ketones is 1. The van der Waals surface area contributed by atoms with E-state index in [4.69, 9.17) is 23.2 Å². The van der Waals surface area contributed by atoms with E-state index >= 15 is 0 Å². The number of rotatable bonds is 5. The summed E-state index contributed by atoms with van der Waals surface area (Å²) in [6, 6.07) is 22.1. The second-order valence-electron chi connectivity index (χ2n) is 7.58. The Morgan fingerprint density at radius 3 is 2.25 bits per heavy atom. The average molecular weight is 409 g/mol. The van der Waals surface area contributed by atoms with Crippen molar-refractivity contribution < 1.29 is 4.79 Å². The van der Waals surface area contributed by atoms with Crippen LogP contribution in [-0.4, -0.2) is 5.78 Å². The van der Waals surface area contributed by atoms with E-state index in [9.17, 15) is 4.79 Å². The van der Waals surface area contributed by atoms with E-state index in [0.29, 0.717) is 27.1 Å². The summed E-state index contributed by atoms with van der Waals surface area (Å²) >= 11 is 12.4. The van der Waals surface area contributed by atoms with Crippen molar-refractivity contribution in [2.75, 3.05) is 0 Å². The molecule has 0 N–H and O–H groups in total. The van der Waals surface area contributed by atoms with Gasteiger partial charge in [-0.05, 0) is 66.0 Å². The minimum atomic E-state index is 0.0353. The van der Waals surface area contributed by atoms with Gasteiger partial charge in [0.05, 0.1) is 0 Å². The summed E-state index contributed by atoms with van der Waals surface area (Å²) in [5.74, 6) is 0.700. The summed E-state index contributed by atoms with van der Waals surface area (Å²) in [6.45, 7) is 0. The molecule has 1 aliphatic rings. The van der Waals surface area contributed by atoms with E-state index < -0.39 is 0 Å². The first-order chi connectivity index (χ1) is 13.6. The van der Waals surface area contributed by atoms with Crippen LogP contribution < -0.4 is 0 Å². The number of carbonyl (C=O) groups excluding carboxylic acids is 1. The van der Waals surface area contributed by atoms with Gasteiger partial charge < -0.3 is 0 Å². The topological polar surface area (TPSA) is 17.1 Å². The second-order valence-corrected chi connectivity index (χ2v) is 8.39. The normalized spacial score (nSPS) is 15.9. The molecule has 142 valence electrons. The van der Waals surface area contributed by atoms with Crippen molar-refractivity contribution in [2.24, 2.45) is 5.92 Å². The van der Waals surface area contributed by atoms with E-state index in [1.54, 1.807) is 18.2 Å². The van der Waals surface area contributed by atoms with Crippen molar-refractivity contribution in [3.63, 3.8) is 0 Å². The van der Waals surface area contributed by atoms with E-state index in [2.05, 4.69) is 36.4 Å². The SMILES string of the molecule is O=C(Cc1c(Cl)cccc1Cl)c1ccc(C[C@H]2CCc3ccccc3C2)cc1. The van der Waals surface area contributed by atoms with Crippen molar-refractivity contribution in [3.05, 3.63) is 105 Å². The molecule has 0 saturated heterocycles. The van der Waals surface area contributed by atoms with E-state index in [1.165, 1.54) is 23.1 Å². The maximum atomic E-state index is 12.6. The zero-order valence-electron chi connectivity index (χ0n) is 15.6. The van der Waals surface area contributed by atoms with Gasteiger partial charge in [0.1, 0.15) is 0 Å². The van der Waals surface area contributed by atoms with E-state index in [1.807, 2.05) is 12.1 Å². The Morgan fingerprint density at radius 1 is 0.857 bits per heavy atom. The van der Waals surface area contributed by atoms with Crippen LogP contribution in [0.5, 0.6) is 0 Å². The number of benzene rings is 3. The van der Waals surface area contributed by atoms with Crippen LogP contribution in [0.15, 0.2) is 66.7 Å². The number of fused-ring (bicyclic) bond motifs is 1. The van der Waals surface area contributed by atoms with Crippen LogP contribution in [0, 0.1) is 5.92 Å². The van der Waals surface area contributed by atoms with Crippen molar-refractivity contribution in [2.45, 2.75) is 32.1 Å². The highest BCUT2D eigenvalue weighted by Crippen LogP contribution is 2.28. The number of aryl methyl sites for hydroxylation is 1. The summed E-state index contributed by atoms with van der Waals surface area (Å²) in [6.07, 6.45) is 4.80. The Bertz CT molecular complexity index is 971. The van der Waals surface area contributed by atoms with Crippen molar-refractivity contribution in [1.29, 1.82) is 0 Å². The van der Waals surface area contributed by atoms with Crippen LogP contribution in [0.1, 0.15) is 39.0 Å². The number of hydrogen-bond acceptors (Lipinski definition) is 1. The molecular formula is C25H22Cl2O. The first kappa shape index (κ1) is 19.2. The Labute approximate surface area is 176 Å². The van der Waals surface area contributed by atoms with Gasteiger partial charge in [0, 0.05) is 22.0 Å². The molecule has 3 heteroatoms. The van der Waals surface area contributed by atoms with Gasteiger partial charge >= 0.3 is 0 Å². The first-order valence-electron chi connectivity index (χ1n) is 9.72. The smallest absolute Gasteiger partial charge is 0.167 e. The third-order valence-electron chi connectivity index (χ3n) is 5.65. The van der Waals surface area contributed by atoms with Gasteiger partial charge in [-0.2, -0.15) is 0 Å². The first-order valence-corrected chi connectivity index (χ1v) is 10.5. The monoisotopic (exact) mass is 408 g/mol. The van der Waals surface area contributed by atoms with Gasteiger partial charge in [0.15, 0.2) is 5.78 Å². The minimum Gasteiger partial charge on any atom is -0.294 e. The molecule has 4 rings (SSSR count). The van der Waals surface area contributed by atoms with E-state index in [-0.39, 0.29) is 12.2 Å². The predicted molar refractivity (Wildman–Crippen MR) is 117 cm³/mol. The lowest BCUT2D eigenvalue weighted by atomic mass is 9.81. The van der Waals surface area contributed by atoms with Gasteiger partial charge in [-0.3, -0.25) is 4.79 Å². The molecule has 0 bridgehead atoms. The average Bonchev–Trinajstić information content (AvgIpc) is 2.71. The Morgan fingerprint density at radius 2 is 1.54 bits per heavy atom.